The molecule has 0 aromatic carbocycles. The average molecular weight is 451 g/mol. The van der Waals surface area contributed by atoms with Crippen molar-refractivity contribution in [1.29, 1.82) is 0 Å². The van der Waals surface area contributed by atoms with Gasteiger partial charge < -0.3 is 33.2 Å². The molecule has 0 fully saturated rings. The lowest BCUT2D eigenvalue weighted by Crippen LogP contribution is -2.15. The lowest BCUT2D eigenvalue weighted by atomic mass is 10.2. The van der Waals surface area contributed by atoms with Gasteiger partial charge in [-0.1, -0.05) is 39.5 Å². The van der Waals surface area contributed by atoms with Gasteiger partial charge in [0.25, 0.3) is 0 Å². The van der Waals surface area contributed by atoms with Gasteiger partial charge in [-0.2, -0.15) is 0 Å². The van der Waals surface area contributed by atoms with Gasteiger partial charge in [0.2, 0.25) is 0 Å². The highest BCUT2D eigenvalue weighted by atomic mass is 16.6. The van der Waals surface area contributed by atoms with Crippen molar-refractivity contribution < 1.29 is 38.0 Å². The molecule has 0 rings (SSSR count). The third-order valence-electron chi connectivity index (χ3n) is 4.23. The Balaban J connectivity index is 3.07. The zero-order valence-corrected chi connectivity index (χ0v) is 19.9. The Kier molecular flexibility index (Phi) is 26.6. The van der Waals surface area contributed by atoms with Crippen molar-refractivity contribution in [2.45, 2.75) is 58.8 Å². The first-order valence-electron chi connectivity index (χ1n) is 11.9. The maximum atomic E-state index is 11.5. The molecule has 0 aliphatic rings. The van der Waals surface area contributed by atoms with Gasteiger partial charge in [-0.05, 0) is 12.8 Å². The van der Waals surface area contributed by atoms with E-state index in [9.17, 15) is 4.79 Å². The van der Waals surface area contributed by atoms with Crippen LogP contribution >= 0.6 is 0 Å². The van der Waals surface area contributed by atoms with E-state index in [2.05, 4.69) is 13.8 Å². The number of hydrogen-bond donors (Lipinski definition) is 0. The van der Waals surface area contributed by atoms with E-state index in [1.165, 1.54) is 6.42 Å². The van der Waals surface area contributed by atoms with Crippen molar-refractivity contribution in [3.05, 3.63) is 0 Å². The van der Waals surface area contributed by atoms with E-state index in [4.69, 9.17) is 33.2 Å². The Hall–Kier alpha value is -0.770. The molecule has 0 aliphatic carbocycles. The van der Waals surface area contributed by atoms with Crippen LogP contribution in [0.15, 0.2) is 0 Å². The number of esters is 1. The summed E-state index contributed by atoms with van der Waals surface area (Å²) in [5, 5.41) is 0. The minimum absolute atomic E-state index is 0.142. The summed E-state index contributed by atoms with van der Waals surface area (Å²) in [4.78, 5) is 11.5. The van der Waals surface area contributed by atoms with Crippen molar-refractivity contribution in [2.24, 2.45) is 0 Å². The summed E-state index contributed by atoms with van der Waals surface area (Å²) in [6.07, 6.45) is 7.06. The highest BCUT2D eigenvalue weighted by Crippen LogP contribution is 2.03. The van der Waals surface area contributed by atoms with Gasteiger partial charge in [-0.15, -0.1) is 0 Å². The van der Waals surface area contributed by atoms with Crippen molar-refractivity contribution in [2.75, 3.05) is 85.9 Å². The van der Waals surface area contributed by atoms with Crippen molar-refractivity contribution in [3.8, 4) is 0 Å². The summed E-state index contributed by atoms with van der Waals surface area (Å²) in [6, 6.07) is 0. The molecule has 0 heterocycles. The van der Waals surface area contributed by atoms with Crippen LogP contribution in [0.3, 0.4) is 0 Å². The summed E-state index contributed by atoms with van der Waals surface area (Å²) >= 11 is 0. The number of carbonyl (C=O) groups excluding carboxylic acids is 1. The molecule has 0 radical (unpaired) electrons. The topological polar surface area (TPSA) is 81.7 Å². The van der Waals surface area contributed by atoms with Gasteiger partial charge in [-0.25, -0.2) is 0 Å². The van der Waals surface area contributed by atoms with Crippen LogP contribution in [0.2, 0.25) is 0 Å². The zero-order chi connectivity index (χ0) is 22.7. The zero-order valence-electron chi connectivity index (χ0n) is 19.9. The molecular weight excluding hydrogens is 404 g/mol. The second-order valence-electron chi connectivity index (χ2n) is 7.06. The Morgan fingerprint density at radius 1 is 0.452 bits per heavy atom. The highest BCUT2D eigenvalue weighted by Gasteiger charge is 2.02. The Morgan fingerprint density at radius 2 is 0.839 bits per heavy atom. The maximum absolute atomic E-state index is 11.5. The fraction of sp³-hybridized carbons (Fsp3) is 0.957. The number of hydrogen-bond acceptors (Lipinski definition) is 8. The SMILES string of the molecule is CCCCCCC(=O)OCCOCCOCCOCCOCCOCCOCCCC. The van der Waals surface area contributed by atoms with Crippen molar-refractivity contribution in [3.63, 3.8) is 0 Å². The highest BCUT2D eigenvalue weighted by molar-refractivity contribution is 5.69. The van der Waals surface area contributed by atoms with Crippen LogP contribution in [0, 0.1) is 0 Å². The number of carbonyl (C=O) groups is 1. The molecule has 0 amide bonds. The van der Waals surface area contributed by atoms with Crippen LogP contribution in [0.1, 0.15) is 58.8 Å². The molecule has 31 heavy (non-hydrogen) atoms. The van der Waals surface area contributed by atoms with Gasteiger partial charge in [0.05, 0.1) is 72.7 Å². The van der Waals surface area contributed by atoms with E-state index in [1.807, 2.05) is 0 Å². The van der Waals surface area contributed by atoms with Gasteiger partial charge in [0.1, 0.15) is 6.61 Å². The fourth-order valence-electron chi connectivity index (χ4n) is 2.43. The summed E-state index contributed by atoms with van der Waals surface area (Å²) < 4.78 is 37.6. The molecular formula is C23H46O8. The minimum atomic E-state index is -0.142. The van der Waals surface area contributed by atoms with Gasteiger partial charge >= 0.3 is 5.97 Å². The number of ether oxygens (including phenoxy) is 7. The molecule has 8 heteroatoms. The van der Waals surface area contributed by atoms with Crippen molar-refractivity contribution >= 4 is 5.97 Å². The monoisotopic (exact) mass is 450 g/mol. The smallest absolute Gasteiger partial charge is 0.305 e. The summed E-state index contributed by atoms with van der Waals surface area (Å²) in [5.41, 5.74) is 0. The molecule has 8 nitrogen and oxygen atoms in total. The van der Waals surface area contributed by atoms with Crippen LogP contribution in [-0.2, 0) is 38.0 Å². The molecule has 186 valence electrons. The third kappa shape index (κ3) is 27.2. The Morgan fingerprint density at radius 3 is 1.26 bits per heavy atom. The van der Waals surface area contributed by atoms with Gasteiger partial charge in [-0.3, -0.25) is 4.79 Å². The first-order chi connectivity index (χ1) is 15.3. The van der Waals surface area contributed by atoms with E-state index >= 15 is 0 Å². The lowest BCUT2D eigenvalue weighted by Gasteiger charge is -2.08. The molecule has 0 N–H and O–H groups in total. The van der Waals surface area contributed by atoms with Gasteiger partial charge in [0.15, 0.2) is 0 Å². The maximum Gasteiger partial charge on any atom is 0.305 e. The van der Waals surface area contributed by atoms with Crippen LogP contribution < -0.4 is 0 Å². The van der Waals surface area contributed by atoms with Crippen molar-refractivity contribution in [1.82, 2.24) is 0 Å². The first-order valence-corrected chi connectivity index (χ1v) is 11.9. The lowest BCUT2D eigenvalue weighted by molar-refractivity contribution is -0.145. The standard InChI is InChI=1S/C23H46O8/c1-3-5-7-8-9-23(24)31-22-21-30-20-19-29-18-17-28-16-15-27-14-13-26-12-11-25-10-6-4-2/h3-22H2,1-2H3. The molecule has 0 saturated heterocycles. The van der Waals surface area contributed by atoms with E-state index in [0.29, 0.717) is 85.7 Å². The Labute approximate surface area is 189 Å². The predicted octanol–water partition coefficient (Wildman–Crippen LogP) is 3.40. The average Bonchev–Trinajstić information content (AvgIpc) is 2.77. The van der Waals surface area contributed by atoms with E-state index in [1.54, 1.807) is 0 Å². The molecule has 0 saturated carbocycles. The molecule has 0 atom stereocenters. The minimum Gasteiger partial charge on any atom is -0.463 e. The van der Waals surface area contributed by atoms with Crippen LogP contribution in [0.5, 0.6) is 0 Å². The molecule has 0 aromatic rings. The second-order valence-corrected chi connectivity index (χ2v) is 7.06. The van der Waals surface area contributed by atoms with E-state index < -0.39 is 0 Å². The Bertz CT molecular complexity index is 354. The number of unbranched alkanes of at least 4 members (excludes halogenated alkanes) is 4. The molecule has 0 bridgehead atoms. The quantitative estimate of drug-likeness (QED) is 0.146. The van der Waals surface area contributed by atoms with E-state index in [0.717, 1.165) is 38.7 Å². The normalized spacial score (nSPS) is 11.2. The molecule has 0 unspecified atom stereocenters. The number of rotatable bonds is 26. The van der Waals surface area contributed by atoms with Gasteiger partial charge in [0, 0.05) is 13.0 Å². The molecule has 0 spiro atoms. The first kappa shape index (κ1) is 30.2. The summed E-state index contributed by atoms with van der Waals surface area (Å²) in [6.45, 7) is 11.2. The van der Waals surface area contributed by atoms with Crippen LogP contribution in [0.4, 0.5) is 0 Å². The largest absolute Gasteiger partial charge is 0.463 e. The predicted molar refractivity (Wildman–Crippen MR) is 120 cm³/mol. The van der Waals surface area contributed by atoms with E-state index in [-0.39, 0.29) is 5.97 Å². The molecule has 0 aromatic heterocycles. The van der Waals surface area contributed by atoms with Crippen LogP contribution in [0.25, 0.3) is 0 Å². The summed E-state index contributed by atoms with van der Waals surface area (Å²) in [5.74, 6) is -0.142. The fourth-order valence-corrected chi connectivity index (χ4v) is 2.43. The third-order valence-corrected chi connectivity index (χ3v) is 4.23. The second kappa shape index (κ2) is 27.3. The molecule has 0 aliphatic heterocycles. The summed E-state index contributed by atoms with van der Waals surface area (Å²) in [7, 11) is 0. The van der Waals surface area contributed by atoms with Crippen LogP contribution in [-0.4, -0.2) is 91.9 Å².